The van der Waals surface area contributed by atoms with Crippen LogP contribution in [0.4, 0.5) is 0 Å². The highest BCUT2D eigenvalue weighted by Crippen LogP contribution is 2.27. The summed E-state index contributed by atoms with van der Waals surface area (Å²) in [6.45, 7) is 1.28. The fourth-order valence-electron chi connectivity index (χ4n) is 2.52. The number of nitrogens with one attached hydrogen (secondary N) is 1. The first kappa shape index (κ1) is 15.6. The number of aromatic hydroxyl groups is 1. The number of rotatable bonds is 4. The molecule has 2 aromatic carbocycles. The van der Waals surface area contributed by atoms with E-state index in [9.17, 15) is 5.11 Å². The van der Waals surface area contributed by atoms with Gasteiger partial charge < -0.3 is 15.2 Å². The summed E-state index contributed by atoms with van der Waals surface area (Å²) in [4.78, 5) is 4.39. The zero-order chi connectivity index (χ0) is 16.2. The zero-order valence-corrected chi connectivity index (χ0v) is 14.3. The van der Waals surface area contributed by atoms with Crippen LogP contribution in [0.25, 0.3) is 5.57 Å². The van der Waals surface area contributed by atoms with E-state index in [4.69, 9.17) is 4.74 Å². The van der Waals surface area contributed by atoms with Crippen LogP contribution in [0.3, 0.4) is 0 Å². The second-order valence-corrected chi connectivity index (χ2v) is 6.17. The van der Waals surface area contributed by atoms with Crippen LogP contribution in [-0.2, 0) is 6.54 Å². The largest absolute Gasteiger partial charge is 0.504 e. The summed E-state index contributed by atoms with van der Waals surface area (Å²) < 4.78 is 6.09. The summed E-state index contributed by atoms with van der Waals surface area (Å²) >= 11 is 3.48. The Labute approximate surface area is 143 Å². The van der Waals surface area contributed by atoms with Gasteiger partial charge in [-0.25, -0.2) is 0 Å². The lowest BCUT2D eigenvalue weighted by molar-refractivity contribution is 0.373. The minimum atomic E-state index is 0.150. The lowest BCUT2D eigenvalue weighted by Crippen LogP contribution is -2.09. The highest BCUT2D eigenvalue weighted by Gasteiger charge is 2.10. The standard InChI is InChI=1S/C18H17BrN2O2/c1-23-18-5-2-12(6-17(18)22)8-20-10-14-11-21-9-13-7-15(19)3-4-16(13)14/h2-7,9-10,20,22H,8,11H2,1H3/b14-10+. The van der Waals surface area contributed by atoms with Crippen LogP contribution in [0.5, 0.6) is 11.5 Å². The van der Waals surface area contributed by atoms with Gasteiger partial charge in [-0.2, -0.15) is 0 Å². The molecular weight excluding hydrogens is 356 g/mol. The van der Waals surface area contributed by atoms with Crippen molar-refractivity contribution in [2.45, 2.75) is 6.54 Å². The Morgan fingerprint density at radius 2 is 2.17 bits per heavy atom. The number of phenols is 1. The first-order chi connectivity index (χ1) is 11.2. The Morgan fingerprint density at radius 1 is 1.30 bits per heavy atom. The van der Waals surface area contributed by atoms with Crippen LogP contribution in [0.1, 0.15) is 16.7 Å². The Hall–Kier alpha value is -2.27. The molecule has 0 saturated carbocycles. The van der Waals surface area contributed by atoms with E-state index in [0.717, 1.165) is 21.2 Å². The number of ether oxygens (including phenoxy) is 1. The third kappa shape index (κ3) is 3.56. The molecule has 2 aromatic rings. The van der Waals surface area contributed by atoms with Gasteiger partial charge in [0.05, 0.1) is 13.7 Å². The summed E-state index contributed by atoms with van der Waals surface area (Å²) in [5.74, 6) is 0.630. The van der Waals surface area contributed by atoms with Crippen molar-refractivity contribution in [1.29, 1.82) is 0 Å². The predicted molar refractivity (Wildman–Crippen MR) is 96.1 cm³/mol. The van der Waals surface area contributed by atoms with Gasteiger partial charge in [0.1, 0.15) is 0 Å². The monoisotopic (exact) mass is 372 g/mol. The fraction of sp³-hybridized carbons (Fsp3) is 0.167. The molecule has 0 atom stereocenters. The maximum Gasteiger partial charge on any atom is 0.160 e. The minimum absolute atomic E-state index is 0.150. The molecule has 3 rings (SSSR count). The van der Waals surface area contributed by atoms with Crippen molar-refractivity contribution in [2.24, 2.45) is 4.99 Å². The molecule has 2 N–H and O–H groups in total. The van der Waals surface area contributed by atoms with E-state index in [1.807, 2.05) is 24.5 Å². The van der Waals surface area contributed by atoms with Crippen LogP contribution in [-0.4, -0.2) is 25.0 Å². The highest BCUT2D eigenvalue weighted by molar-refractivity contribution is 9.10. The molecule has 4 nitrogen and oxygen atoms in total. The maximum atomic E-state index is 9.80. The van der Waals surface area contributed by atoms with E-state index in [0.29, 0.717) is 18.8 Å². The predicted octanol–water partition coefficient (Wildman–Crippen LogP) is 3.73. The van der Waals surface area contributed by atoms with Crippen molar-refractivity contribution < 1.29 is 9.84 Å². The number of halogens is 1. The van der Waals surface area contributed by atoms with E-state index < -0.39 is 0 Å². The zero-order valence-electron chi connectivity index (χ0n) is 12.7. The van der Waals surface area contributed by atoms with E-state index >= 15 is 0 Å². The van der Waals surface area contributed by atoms with Crippen LogP contribution < -0.4 is 10.1 Å². The number of benzene rings is 2. The van der Waals surface area contributed by atoms with Crippen LogP contribution in [0.2, 0.25) is 0 Å². The number of phenolic OH excluding ortho intramolecular Hbond substituents is 1. The molecule has 23 heavy (non-hydrogen) atoms. The Bertz CT molecular complexity index is 785. The number of hydrogen-bond donors (Lipinski definition) is 2. The second kappa shape index (κ2) is 6.87. The van der Waals surface area contributed by atoms with Gasteiger partial charge in [0.15, 0.2) is 11.5 Å². The van der Waals surface area contributed by atoms with Gasteiger partial charge in [-0.15, -0.1) is 0 Å². The molecule has 1 aliphatic heterocycles. The average Bonchev–Trinajstić information content (AvgIpc) is 2.55. The van der Waals surface area contributed by atoms with Gasteiger partial charge in [0, 0.05) is 29.0 Å². The molecule has 0 aliphatic carbocycles. The van der Waals surface area contributed by atoms with Gasteiger partial charge in [-0.3, -0.25) is 4.99 Å². The van der Waals surface area contributed by atoms with Crippen LogP contribution in [0, 0.1) is 0 Å². The van der Waals surface area contributed by atoms with Gasteiger partial charge in [-0.05, 0) is 41.0 Å². The van der Waals surface area contributed by atoms with E-state index in [1.54, 1.807) is 12.1 Å². The molecule has 0 aromatic heterocycles. The highest BCUT2D eigenvalue weighted by atomic mass is 79.9. The van der Waals surface area contributed by atoms with Crippen molar-refractivity contribution in [3.63, 3.8) is 0 Å². The normalized spacial score (nSPS) is 14.6. The molecule has 0 bridgehead atoms. The topological polar surface area (TPSA) is 53.8 Å². The molecule has 0 fully saturated rings. The Morgan fingerprint density at radius 3 is 2.96 bits per heavy atom. The molecule has 5 heteroatoms. The smallest absolute Gasteiger partial charge is 0.160 e. The molecule has 0 radical (unpaired) electrons. The second-order valence-electron chi connectivity index (χ2n) is 5.26. The van der Waals surface area contributed by atoms with Gasteiger partial charge in [0.2, 0.25) is 0 Å². The molecule has 0 spiro atoms. The molecule has 1 heterocycles. The SMILES string of the molecule is COc1ccc(CN/C=C2\CN=Cc3cc(Br)ccc32)cc1O. The molecule has 118 valence electrons. The number of fused-ring (bicyclic) bond motifs is 1. The molecule has 0 unspecified atom stereocenters. The quantitative estimate of drug-likeness (QED) is 0.859. The van der Waals surface area contributed by atoms with Gasteiger partial charge >= 0.3 is 0 Å². The minimum Gasteiger partial charge on any atom is -0.504 e. The van der Waals surface area contributed by atoms with Crippen molar-refractivity contribution in [1.82, 2.24) is 5.32 Å². The van der Waals surface area contributed by atoms with Crippen LogP contribution in [0.15, 0.2) is 52.1 Å². The van der Waals surface area contributed by atoms with E-state index in [-0.39, 0.29) is 5.75 Å². The van der Waals surface area contributed by atoms with Gasteiger partial charge in [-0.1, -0.05) is 28.1 Å². The summed E-state index contributed by atoms with van der Waals surface area (Å²) in [5.41, 5.74) is 4.43. The number of aliphatic imine (C=N–C) groups is 1. The molecule has 0 amide bonds. The third-order valence-corrected chi connectivity index (χ3v) is 4.17. The lowest BCUT2D eigenvalue weighted by Gasteiger charge is -2.14. The fourth-order valence-corrected chi connectivity index (χ4v) is 2.90. The van der Waals surface area contributed by atoms with E-state index in [1.165, 1.54) is 12.7 Å². The number of nitrogens with zero attached hydrogens (tertiary/aromatic N) is 1. The number of hydrogen-bond acceptors (Lipinski definition) is 4. The number of methoxy groups -OCH3 is 1. The summed E-state index contributed by atoms with van der Waals surface area (Å²) in [5, 5.41) is 13.1. The summed E-state index contributed by atoms with van der Waals surface area (Å²) in [6.07, 6.45) is 3.89. The van der Waals surface area contributed by atoms with Crippen molar-refractivity contribution in [2.75, 3.05) is 13.7 Å². The van der Waals surface area contributed by atoms with Gasteiger partial charge in [0.25, 0.3) is 0 Å². The Balaban J connectivity index is 1.72. The molecular formula is C18H17BrN2O2. The lowest BCUT2D eigenvalue weighted by atomic mass is 9.99. The molecule has 0 saturated heterocycles. The maximum absolute atomic E-state index is 9.80. The van der Waals surface area contributed by atoms with E-state index in [2.05, 4.69) is 38.4 Å². The van der Waals surface area contributed by atoms with Crippen molar-refractivity contribution in [3.8, 4) is 11.5 Å². The summed E-state index contributed by atoms with van der Waals surface area (Å²) in [7, 11) is 1.54. The third-order valence-electron chi connectivity index (χ3n) is 3.68. The first-order valence-corrected chi connectivity index (χ1v) is 8.05. The Kier molecular flexibility index (Phi) is 4.67. The summed E-state index contributed by atoms with van der Waals surface area (Å²) in [6, 6.07) is 11.6. The van der Waals surface area contributed by atoms with Crippen LogP contribution >= 0.6 is 15.9 Å². The molecule has 1 aliphatic rings. The average molecular weight is 373 g/mol. The van der Waals surface area contributed by atoms with Crippen molar-refractivity contribution >= 4 is 27.7 Å². The first-order valence-electron chi connectivity index (χ1n) is 7.25. The van der Waals surface area contributed by atoms with Crippen molar-refractivity contribution in [3.05, 3.63) is 63.8 Å².